The molecule has 4 rings (SSSR count). The van der Waals surface area contributed by atoms with E-state index in [4.69, 9.17) is 0 Å². The Morgan fingerprint density at radius 1 is 1.12 bits per heavy atom. The molecule has 6 heteroatoms. The molecule has 1 aromatic rings. The van der Waals surface area contributed by atoms with E-state index in [0.717, 1.165) is 43.8 Å². The van der Waals surface area contributed by atoms with Gasteiger partial charge in [-0.05, 0) is 38.1 Å². The number of hydrogen-bond acceptors (Lipinski definition) is 5. The Bertz CT molecular complexity index is 599. The second kappa shape index (κ2) is 6.67. The van der Waals surface area contributed by atoms with E-state index in [1.807, 2.05) is 4.90 Å². The molecule has 2 saturated carbocycles. The fraction of sp³-hybridized carbons (Fsp3) is 0.722. The molecule has 1 aliphatic heterocycles. The number of nitrogens with zero attached hydrogens (tertiary/aromatic N) is 4. The van der Waals surface area contributed by atoms with Crippen LogP contribution in [0.3, 0.4) is 0 Å². The average molecular weight is 329 g/mol. The lowest BCUT2D eigenvalue weighted by molar-refractivity contribution is 0.0658. The Hall–Kier alpha value is -1.69. The van der Waals surface area contributed by atoms with Crippen molar-refractivity contribution in [3.63, 3.8) is 0 Å². The minimum atomic E-state index is 0.00409. The maximum atomic E-state index is 12.7. The molecule has 2 heterocycles. The first-order valence-electron chi connectivity index (χ1n) is 9.27. The average Bonchev–Trinajstić information content (AvgIpc) is 3.20. The summed E-state index contributed by atoms with van der Waals surface area (Å²) in [7, 11) is 2.09. The number of piperazine rings is 1. The number of carbonyl (C=O) groups excluding carboxylic acids is 1. The summed E-state index contributed by atoms with van der Waals surface area (Å²) in [6.45, 7) is 3.37. The highest BCUT2D eigenvalue weighted by Gasteiger charge is 2.39. The molecule has 0 aromatic carbocycles. The molecule has 1 aromatic heterocycles. The van der Waals surface area contributed by atoms with Crippen LogP contribution in [0.25, 0.3) is 0 Å². The number of carbonyl (C=O) groups is 1. The van der Waals surface area contributed by atoms with Crippen molar-refractivity contribution in [2.45, 2.75) is 38.1 Å². The number of likely N-dealkylation sites (N-methyl/N-ethyl adjacent to an activating group) is 1. The van der Waals surface area contributed by atoms with Gasteiger partial charge in [-0.25, -0.2) is 4.98 Å². The first kappa shape index (κ1) is 15.8. The van der Waals surface area contributed by atoms with Gasteiger partial charge in [-0.15, -0.1) is 0 Å². The van der Waals surface area contributed by atoms with Crippen LogP contribution in [-0.2, 0) is 0 Å². The number of fused-ring (bicyclic) bond motifs is 1. The zero-order valence-electron chi connectivity index (χ0n) is 14.4. The summed E-state index contributed by atoms with van der Waals surface area (Å²) in [6.07, 6.45) is 9.97. The third-order valence-electron chi connectivity index (χ3n) is 6.06. The Kier molecular flexibility index (Phi) is 4.39. The van der Waals surface area contributed by atoms with Gasteiger partial charge >= 0.3 is 0 Å². The molecule has 3 atom stereocenters. The van der Waals surface area contributed by atoms with E-state index in [-0.39, 0.29) is 5.91 Å². The van der Waals surface area contributed by atoms with E-state index in [2.05, 4.69) is 27.2 Å². The van der Waals surface area contributed by atoms with Crippen molar-refractivity contribution in [1.82, 2.24) is 19.8 Å². The van der Waals surface area contributed by atoms with Gasteiger partial charge in [-0.1, -0.05) is 12.8 Å². The van der Waals surface area contributed by atoms with Crippen LogP contribution < -0.4 is 5.32 Å². The number of anilines is 1. The highest BCUT2D eigenvalue weighted by Crippen LogP contribution is 2.44. The maximum Gasteiger partial charge on any atom is 0.274 e. The number of amides is 1. The molecular formula is C18H27N5O. The van der Waals surface area contributed by atoms with Crippen LogP contribution in [0.2, 0.25) is 0 Å². The van der Waals surface area contributed by atoms with Crippen molar-refractivity contribution in [2.75, 3.05) is 38.5 Å². The lowest BCUT2D eigenvalue weighted by atomic mass is 9.98. The second-order valence-electron chi connectivity index (χ2n) is 7.57. The SMILES string of the molecule is CN1CCN(C(=O)c2cncc(N[C@@H]3CC[C@H]4CCC[C@H]43)n2)CC1. The molecule has 0 bridgehead atoms. The number of rotatable bonds is 3. The van der Waals surface area contributed by atoms with Gasteiger partial charge < -0.3 is 15.1 Å². The quantitative estimate of drug-likeness (QED) is 0.917. The topological polar surface area (TPSA) is 61.4 Å². The third-order valence-corrected chi connectivity index (χ3v) is 6.06. The number of hydrogen-bond donors (Lipinski definition) is 1. The summed E-state index contributed by atoms with van der Waals surface area (Å²) >= 11 is 0. The molecule has 0 unspecified atom stereocenters. The Labute approximate surface area is 143 Å². The van der Waals surface area contributed by atoms with Crippen molar-refractivity contribution < 1.29 is 4.79 Å². The first-order valence-corrected chi connectivity index (χ1v) is 9.27. The zero-order chi connectivity index (χ0) is 16.5. The molecular weight excluding hydrogens is 302 g/mol. The van der Waals surface area contributed by atoms with Gasteiger partial charge in [0, 0.05) is 32.2 Å². The van der Waals surface area contributed by atoms with E-state index in [0.29, 0.717) is 11.7 Å². The van der Waals surface area contributed by atoms with Crippen molar-refractivity contribution in [1.29, 1.82) is 0 Å². The first-order chi connectivity index (χ1) is 11.7. The van der Waals surface area contributed by atoms with Crippen molar-refractivity contribution in [3.05, 3.63) is 18.1 Å². The lowest BCUT2D eigenvalue weighted by Gasteiger charge is -2.32. The minimum Gasteiger partial charge on any atom is -0.366 e. The van der Waals surface area contributed by atoms with Gasteiger partial charge in [0.05, 0.1) is 12.4 Å². The predicted molar refractivity (Wildman–Crippen MR) is 92.9 cm³/mol. The molecule has 6 nitrogen and oxygen atoms in total. The van der Waals surface area contributed by atoms with Crippen LogP contribution in [0.1, 0.15) is 42.6 Å². The summed E-state index contributed by atoms with van der Waals surface area (Å²) in [5.74, 6) is 2.44. The number of nitrogens with one attached hydrogen (secondary N) is 1. The van der Waals surface area contributed by atoms with Gasteiger partial charge in [-0.2, -0.15) is 0 Å². The van der Waals surface area contributed by atoms with Gasteiger partial charge in [0.15, 0.2) is 0 Å². The van der Waals surface area contributed by atoms with Gasteiger partial charge in [-0.3, -0.25) is 9.78 Å². The Morgan fingerprint density at radius 2 is 1.96 bits per heavy atom. The van der Waals surface area contributed by atoms with E-state index in [9.17, 15) is 4.79 Å². The van der Waals surface area contributed by atoms with Crippen LogP contribution in [-0.4, -0.2) is 64.9 Å². The normalized spacial score (nSPS) is 30.4. The van der Waals surface area contributed by atoms with Gasteiger partial charge in [0.1, 0.15) is 11.5 Å². The molecule has 1 amide bonds. The van der Waals surface area contributed by atoms with Gasteiger partial charge in [0.2, 0.25) is 0 Å². The summed E-state index contributed by atoms with van der Waals surface area (Å²) in [4.78, 5) is 25.6. The summed E-state index contributed by atoms with van der Waals surface area (Å²) < 4.78 is 0. The molecule has 24 heavy (non-hydrogen) atoms. The molecule has 0 spiro atoms. The van der Waals surface area contributed by atoms with Crippen LogP contribution in [0, 0.1) is 11.8 Å². The minimum absolute atomic E-state index is 0.00409. The van der Waals surface area contributed by atoms with Crippen molar-refractivity contribution in [2.24, 2.45) is 11.8 Å². The number of aromatic nitrogens is 2. The summed E-state index contributed by atoms with van der Waals surface area (Å²) in [6, 6.07) is 0.501. The molecule has 0 radical (unpaired) electrons. The van der Waals surface area contributed by atoms with E-state index in [1.165, 1.54) is 32.1 Å². The van der Waals surface area contributed by atoms with Gasteiger partial charge in [0.25, 0.3) is 5.91 Å². The summed E-state index contributed by atoms with van der Waals surface area (Å²) in [5, 5.41) is 3.56. The molecule has 1 saturated heterocycles. The largest absolute Gasteiger partial charge is 0.366 e. The van der Waals surface area contributed by atoms with E-state index < -0.39 is 0 Å². The van der Waals surface area contributed by atoms with Crippen LogP contribution >= 0.6 is 0 Å². The molecule has 130 valence electrons. The standard InChI is InChI=1S/C18H27N5O/c1-22-7-9-23(10-8-22)18(24)16-11-19-12-17(21-16)20-15-6-5-13-3-2-4-14(13)15/h11-15H,2-10H2,1H3,(H,20,21)/t13-,14-,15-/m1/s1. The van der Waals surface area contributed by atoms with Crippen molar-refractivity contribution >= 4 is 11.7 Å². The smallest absolute Gasteiger partial charge is 0.274 e. The second-order valence-corrected chi connectivity index (χ2v) is 7.57. The highest BCUT2D eigenvalue weighted by molar-refractivity contribution is 5.92. The van der Waals surface area contributed by atoms with Crippen molar-refractivity contribution in [3.8, 4) is 0 Å². The van der Waals surface area contributed by atoms with Crippen LogP contribution in [0.5, 0.6) is 0 Å². The molecule has 1 N–H and O–H groups in total. The molecule has 3 fully saturated rings. The predicted octanol–water partition coefficient (Wildman–Crippen LogP) is 1.85. The Balaban J connectivity index is 1.42. The third kappa shape index (κ3) is 3.11. The lowest BCUT2D eigenvalue weighted by Crippen LogP contribution is -2.47. The van der Waals surface area contributed by atoms with Crippen LogP contribution in [0.4, 0.5) is 5.82 Å². The highest BCUT2D eigenvalue weighted by atomic mass is 16.2. The fourth-order valence-corrected chi connectivity index (χ4v) is 4.64. The van der Waals surface area contributed by atoms with E-state index in [1.54, 1.807) is 12.4 Å². The zero-order valence-corrected chi connectivity index (χ0v) is 14.4. The summed E-state index contributed by atoms with van der Waals surface area (Å²) in [5.41, 5.74) is 0.463. The monoisotopic (exact) mass is 329 g/mol. The molecule has 2 aliphatic carbocycles. The fourth-order valence-electron chi connectivity index (χ4n) is 4.64. The Morgan fingerprint density at radius 3 is 2.79 bits per heavy atom. The maximum absolute atomic E-state index is 12.7. The van der Waals surface area contributed by atoms with Crippen LogP contribution in [0.15, 0.2) is 12.4 Å². The molecule has 3 aliphatic rings. The van der Waals surface area contributed by atoms with E-state index >= 15 is 0 Å².